The zero-order chi connectivity index (χ0) is 13.4. The van der Waals surface area contributed by atoms with Gasteiger partial charge in [-0.2, -0.15) is 0 Å². The van der Waals surface area contributed by atoms with Crippen LogP contribution in [0.25, 0.3) is 0 Å². The molecule has 0 aliphatic carbocycles. The van der Waals surface area contributed by atoms with E-state index < -0.39 is 6.09 Å². The van der Waals surface area contributed by atoms with Gasteiger partial charge in [0, 0.05) is 13.0 Å². The molecule has 1 rings (SSSR count). The van der Waals surface area contributed by atoms with Crippen molar-refractivity contribution >= 4 is 6.09 Å². The van der Waals surface area contributed by atoms with Crippen LogP contribution in [-0.4, -0.2) is 29.5 Å². The summed E-state index contributed by atoms with van der Waals surface area (Å²) < 4.78 is 4.97. The Labute approximate surface area is 106 Å². The molecule has 1 amide bonds. The second kappa shape index (κ2) is 7.42. The second-order valence-corrected chi connectivity index (χ2v) is 3.99. The fraction of sp³-hybridized carbons (Fsp3) is 0.462. The zero-order valence-electron chi connectivity index (χ0n) is 10.5. The van der Waals surface area contributed by atoms with E-state index in [1.165, 1.54) is 12.1 Å². The smallest absolute Gasteiger partial charge is 0.407 e. The number of hydrogen-bond acceptors (Lipinski definition) is 4. The number of phenolic OH excluding ortho intramolecular Hbond substituents is 2. The Bertz CT molecular complexity index is 393. The number of phenols is 2. The Morgan fingerprint density at radius 2 is 2.11 bits per heavy atom. The van der Waals surface area contributed by atoms with Crippen molar-refractivity contribution in [2.24, 2.45) is 0 Å². The Balaban J connectivity index is 2.24. The fourth-order valence-corrected chi connectivity index (χ4v) is 1.40. The van der Waals surface area contributed by atoms with Crippen molar-refractivity contribution in [3.05, 3.63) is 23.8 Å². The second-order valence-electron chi connectivity index (χ2n) is 3.99. The van der Waals surface area contributed by atoms with Crippen molar-refractivity contribution in [2.75, 3.05) is 13.2 Å². The lowest BCUT2D eigenvalue weighted by molar-refractivity contribution is 0.147. The highest BCUT2D eigenvalue weighted by atomic mass is 16.5. The molecule has 5 nitrogen and oxygen atoms in total. The molecule has 3 N–H and O–H groups in total. The summed E-state index contributed by atoms with van der Waals surface area (Å²) in [6, 6.07) is 4.53. The first kappa shape index (κ1) is 14.2. The number of unbranched alkanes of at least 4 members (excludes halogenated alkanes) is 1. The Morgan fingerprint density at radius 1 is 1.33 bits per heavy atom. The maximum absolute atomic E-state index is 11.2. The van der Waals surface area contributed by atoms with Crippen LogP contribution in [-0.2, 0) is 11.2 Å². The van der Waals surface area contributed by atoms with Gasteiger partial charge in [-0.05, 0) is 24.1 Å². The number of amides is 1. The topological polar surface area (TPSA) is 78.8 Å². The van der Waals surface area contributed by atoms with Gasteiger partial charge in [-0.25, -0.2) is 4.79 Å². The first-order chi connectivity index (χ1) is 8.63. The van der Waals surface area contributed by atoms with Crippen molar-refractivity contribution in [2.45, 2.75) is 26.2 Å². The highest BCUT2D eigenvalue weighted by Gasteiger charge is 2.03. The predicted octanol–water partition coefficient (Wildman–Crippen LogP) is 2.17. The number of carbonyl (C=O) groups excluding carboxylic acids is 1. The normalized spacial score (nSPS) is 10.1. The van der Waals surface area contributed by atoms with E-state index >= 15 is 0 Å². The van der Waals surface area contributed by atoms with E-state index in [1.54, 1.807) is 6.07 Å². The van der Waals surface area contributed by atoms with Crippen LogP contribution in [0.5, 0.6) is 11.5 Å². The molecule has 5 heteroatoms. The van der Waals surface area contributed by atoms with Crippen LogP contribution in [0.4, 0.5) is 4.79 Å². The summed E-state index contributed by atoms with van der Waals surface area (Å²) in [6.45, 7) is 2.90. The average Bonchev–Trinajstić information content (AvgIpc) is 2.34. The van der Waals surface area contributed by atoms with Gasteiger partial charge in [0.1, 0.15) is 0 Å². The van der Waals surface area contributed by atoms with Crippen LogP contribution in [0.3, 0.4) is 0 Å². The van der Waals surface area contributed by atoms with Crippen molar-refractivity contribution < 1.29 is 19.7 Å². The Kier molecular flexibility index (Phi) is 5.84. The van der Waals surface area contributed by atoms with Gasteiger partial charge in [0.25, 0.3) is 0 Å². The number of nitrogens with one attached hydrogen (secondary N) is 1. The lowest BCUT2D eigenvalue weighted by Gasteiger charge is -2.07. The van der Waals surface area contributed by atoms with Crippen LogP contribution >= 0.6 is 0 Å². The molecule has 0 saturated carbocycles. The van der Waals surface area contributed by atoms with Gasteiger partial charge in [0.05, 0.1) is 6.61 Å². The summed E-state index contributed by atoms with van der Waals surface area (Å²) >= 11 is 0. The van der Waals surface area contributed by atoms with Crippen LogP contribution < -0.4 is 5.32 Å². The number of aromatic hydroxyl groups is 2. The van der Waals surface area contributed by atoms with Crippen molar-refractivity contribution in [3.8, 4) is 11.5 Å². The van der Waals surface area contributed by atoms with Crippen LogP contribution in [0.15, 0.2) is 18.2 Å². The van der Waals surface area contributed by atoms with Gasteiger partial charge >= 0.3 is 6.09 Å². The van der Waals surface area contributed by atoms with E-state index in [4.69, 9.17) is 9.84 Å². The molecule has 1 aromatic carbocycles. The maximum Gasteiger partial charge on any atom is 0.407 e. The summed E-state index contributed by atoms with van der Waals surface area (Å²) in [4.78, 5) is 11.2. The van der Waals surface area contributed by atoms with E-state index in [1.807, 2.05) is 6.92 Å². The van der Waals surface area contributed by atoms with Crippen LogP contribution in [0.2, 0.25) is 0 Å². The van der Waals surface area contributed by atoms with E-state index in [9.17, 15) is 9.90 Å². The average molecular weight is 253 g/mol. The molecule has 18 heavy (non-hydrogen) atoms. The molecule has 0 saturated heterocycles. The minimum absolute atomic E-state index is 0.156. The third-order valence-electron chi connectivity index (χ3n) is 2.46. The lowest BCUT2D eigenvalue weighted by atomic mass is 10.1. The quantitative estimate of drug-likeness (QED) is 0.536. The highest BCUT2D eigenvalue weighted by molar-refractivity contribution is 5.67. The Hall–Kier alpha value is -1.91. The highest BCUT2D eigenvalue weighted by Crippen LogP contribution is 2.24. The van der Waals surface area contributed by atoms with Crippen molar-refractivity contribution in [1.29, 1.82) is 0 Å². The van der Waals surface area contributed by atoms with Crippen molar-refractivity contribution in [1.82, 2.24) is 5.32 Å². The molecular weight excluding hydrogens is 234 g/mol. The van der Waals surface area contributed by atoms with Crippen LogP contribution in [0.1, 0.15) is 25.3 Å². The van der Waals surface area contributed by atoms with Gasteiger partial charge < -0.3 is 20.3 Å². The summed E-state index contributed by atoms with van der Waals surface area (Å²) in [5, 5.41) is 21.1. The van der Waals surface area contributed by atoms with Crippen LogP contribution in [0, 0.1) is 0 Å². The molecule has 0 fully saturated rings. The van der Waals surface area contributed by atoms with Gasteiger partial charge in [-0.15, -0.1) is 0 Å². The molecule has 0 atom stereocenters. The third-order valence-corrected chi connectivity index (χ3v) is 2.46. The summed E-state index contributed by atoms with van der Waals surface area (Å²) in [5.41, 5.74) is 0.798. The van der Waals surface area contributed by atoms with Gasteiger partial charge in [-0.1, -0.05) is 19.4 Å². The molecule has 0 aliphatic heterocycles. The fourth-order valence-electron chi connectivity index (χ4n) is 1.40. The van der Waals surface area contributed by atoms with E-state index in [0.29, 0.717) is 13.0 Å². The van der Waals surface area contributed by atoms with Gasteiger partial charge in [0.2, 0.25) is 0 Å². The molecule has 0 aromatic heterocycles. The number of carbonyl (C=O) groups is 1. The maximum atomic E-state index is 11.2. The number of hydrogen-bond donors (Lipinski definition) is 3. The third kappa shape index (κ3) is 4.95. The molecule has 0 unspecified atom stereocenters. The summed E-state index contributed by atoms with van der Waals surface area (Å²) in [7, 11) is 0. The summed E-state index contributed by atoms with van der Waals surface area (Å²) in [6.07, 6.45) is 2.02. The van der Waals surface area contributed by atoms with Gasteiger partial charge in [-0.3, -0.25) is 0 Å². The molecule has 0 bridgehead atoms. The first-order valence-corrected chi connectivity index (χ1v) is 6.05. The molecule has 1 aromatic rings. The largest absolute Gasteiger partial charge is 0.504 e. The number of rotatable bonds is 6. The Morgan fingerprint density at radius 3 is 2.78 bits per heavy atom. The minimum Gasteiger partial charge on any atom is -0.504 e. The van der Waals surface area contributed by atoms with Gasteiger partial charge in [0.15, 0.2) is 11.5 Å². The zero-order valence-corrected chi connectivity index (χ0v) is 10.5. The van der Waals surface area contributed by atoms with E-state index in [2.05, 4.69) is 5.32 Å². The predicted molar refractivity (Wildman–Crippen MR) is 67.7 cm³/mol. The molecular formula is C13H19NO4. The molecule has 100 valence electrons. The first-order valence-electron chi connectivity index (χ1n) is 6.05. The SMILES string of the molecule is CCCCNC(=O)OCCc1ccc(O)c(O)c1. The van der Waals surface area contributed by atoms with Crippen molar-refractivity contribution in [3.63, 3.8) is 0 Å². The molecule has 0 aliphatic rings. The standard InChI is InChI=1S/C13H19NO4/c1-2-3-7-14-13(17)18-8-6-10-4-5-11(15)12(16)9-10/h4-5,9,15-16H,2-3,6-8H2,1H3,(H,14,17). The lowest BCUT2D eigenvalue weighted by Crippen LogP contribution is -2.25. The molecule has 0 radical (unpaired) electrons. The number of ether oxygens (including phenoxy) is 1. The number of benzene rings is 1. The molecule has 0 heterocycles. The number of alkyl carbamates (subject to hydrolysis) is 1. The summed E-state index contributed by atoms with van der Waals surface area (Å²) in [5.74, 6) is -0.322. The monoisotopic (exact) mass is 253 g/mol. The molecule has 0 spiro atoms. The minimum atomic E-state index is -0.425. The van der Waals surface area contributed by atoms with E-state index in [-0.39, 0.29) is 18.1 Å². The van der Waals surface area contributed by atoms with E-state index in [0.717, 1.165) is 18.4 Å².